The molecular weight excluding hydrogens is 216 g/mol. The van der Waals surface area contributed by atoms with E-state index in [0.717, 1.165) is 12.5 Å². The van der Waals surface area contributed by atoms with Crippen LogP contribution < -0.4 is 5.73 Å². The van der Waals surface area contributed by atoms with Crippen LogP contribution in [0, 0.1) is 12.8 Å². The average molecular weight is 238 g/mol. The molecule has 90 valence electrons. The molecule has 1 aliphatic rings. The van der Waals surface area contributed by atoms with Crippen LogP contribution in [0.5, 0.6) is 0 Å². The highest BCUT2D eigenvalue weighted by Gasteiger charge is 2.25. The van der Waals surface area contributed by atoms with Crippen LogP contribution in [-0.4, -0.2) is 24.5 Å². The average Bonchev–Trinajstić information content (AvgIpc) is 2.69. The highest BCUT2D eigenvalue weighted by molar-refractivity contribution is 7.10. The zero-order valence-corrected chi connectivity index (χ0v) is 11.1. The lowest BCUT2D eigenvalue weighted by Crippen LogP contribution is -2.39. The molecule has 0 radical (unpaired) electrons. The number of nitrogens with two attached hydrogens (primary N) is 1. The van der Waals surface area contributed by atoms with Gasteiger partial charge in [-0.1, -0.05) is 6.92 Å². The molecule has 1 fully saturated rings. The first kappa shape index (κ1) is 12.1. The fraction of sp³-hybridized carbons (Fsp3) is 0.692. The largest absolute Gasteiger partial charge is 0.329 e. The van der Waals surface area contributed by atoms with E-state index in [-0.39, 0.29) is 0 Å². The second-order valence-electron chi connectivity index (χ2n) is 4.94. The summed E-state index contributed by atoms with van der Waals surface area (Å²) in [5.41, 5.74) is 7.37. The molecule has 0 bridgehead atoms. The maximum absolute atomic E-state index is 5.96. The van der Waals surface area contributed by atoms with Gasteiger partial charge in [-0.15, -0.1) is 11.3 Å². The van der Waals surface area contributed by atoms with E-state index in [1.54, 1.807) is 0 Å². The SMILES string of the molecule is Cc1ccsc1C(CN)N1CCC(C)CC1. The minimum absolute atomic E-state index is 0.451. The molecule has 2 N–H and O–H groups in total. The molecule has 0 aromatic carbocycles. The Kier molecular flexibility index (Phi) is 4.00. The summed E-state index contributed by atoms with van der Waals surface area (Å²) in [7, 11) is 0. The van der Waals surface area contributed by atoms with Gasteiger partial charge in [0.1, 0.15) is 0 Å². The Morgan fingerprint density at radius 1 is 1.50 bits per heavy atom. The molecule has 1 unspecified atom stereocenters. The molecule has 3 heteroatoms. The van der Waals surface area contributed by atoms with Crippen molar-refractivity contribution in [3.8, 4) is 0 Å². The van der Waals surface area contributed by atoms with Gasteiger partial charge < -0.3 is 5.73 Å². The normalized spacial score (nSPS) is 21.2. The zero-order valence-electron chi connectivity index (χ0n) is 10.3. The summed E-state index contributed by atoms with van der Waals surface area (Å²) < 4.78 is 0. The maximum atomic E-state index is 5.96. The summed E-state index contributed by atoms with van der Waals surface area (Å²) >= 11 is 1.86. The van der Waals surface area contributed by atoms with Crippen molar-refractivity contribution in [2.24, 2.45) is 11.7 Å². The molecule has 1 atom stereocenters. The molecule has 1 saturated heterocycles. The summed E-state index contributed by atoms with van der Waals surface area (Å²) in [4.78, 5) is 4.04. The molecule has 1 aromatic rings. The van der Waals surface area contributed by atoms with Gasteiger partial charge in [0.05, 0.1) is 6.04 Å². The predicted molar refractivity (Wildman–Crippen MR) is 70.8 cm³/mol. The molecule has 16 heavy (non-hydrogen) atoms. The summed E-state index contributed by atoms with van der Waals surface area (Å²) in [6.07, 6.45) is 2.64. The predicted octanol–water partition coefficient (Wildman–Crippen LogP) is 2.79. The monoisotopic (exact) mass is 238 g/mol. The number of thiophene rings is 1. The van der Waals surface area contributed by atoms with E-state index in [0.29, 0.717) is 6.04 Å². The zero-order chi connectivity index (χ0) is 11.5. The van der Waals surface area contributed by atoms with Gasteiger partial charge in [-0.05, 0) is 55.8 Å². The van der Waals surface area contributed by atoms with Gasteiger partial charge in [-0.25, -0.2) is 0 Å². The lowest BCUT2D eigenvalue weighted by molar-refractivity contribution is 0.143. The number of likely N-dealkylation sites (tertiary alicyclic amines) is 1. The third-order valence-corrected chi connectivity index (χ3v) is 4.81. The number of nitrogens with zero attached hydrogens (tertiary/aromatic N) is 1. The lowest BCUT2D eigenvalue weighted by Gasteiger charge is -2.36. The summed E-state index contributed by atoms with van der Waals surface area (Å²) in [6, 6.07) is 2.65. The topological polar surface area (TPSA) is 29.3 Å². The first-order valence-corrected chi connectivity index (χ1v) is 7.08. The molecule has 0 aliphatic carbocycles. The molecule has 0 amide bonds. The van der Waals surface area contributed by atoms with Crippen molar-refractivity contribution < 1.29 is 0 Å². The van der Waals surface area contributed by atoms with Crippen LogP contribution >= 0.6 is 11.3 Å². The number of rotatable bonds is 3. The van der Waals surface area contributed by atoms with Crippen molar-refractivity contribution in [3.05, 3.63) is 21.9 Å². The number of aryl methyl sites for hydroxylation is 1. The van der Waals surface area contributed by atoms with Crippen LogP contribution in [0.4, 0.5) is 0 Å². The molecule has 2 heterocycles. The second kappa shape index (κ2) is 5.30. The quantitative estimate of drug-likeness (QED) is 0.877. The Morgan fingerprint density at radius 2 is 2.19 bits per heavy atom. The Balaban J connectivity index is 2.08. The van der Waals surface area contributed by atoms with Gasteiger partial charge in [-0.3, -0.25) is 4.90 Å². The van der Waals surface area contributed by atoms with Crippen LogP contribution in [0.25, 0.3) is 0 Å². The third-order valence-electron chi connectivity index (χ3n) is 3.69. The third kappa shape index (κ3) is 2.47. The van der Waals surface area contributed by atoms with Gasteiger partial charge in [0.15, 0.2) is 0 Å². The van der Waals surface area contributed by atoms with Gasteiger partial charge in [0, 0.05) is 11.4 Å². The van der Waals surface area contributed by atoms with Crippen molar-refractivity contribution in [1.82, 2.24) is 4.90 Å². The van der Waals surface area contributed by atoms with E-state index in [1.165, 1.54) is 36.4 Å². The highest BCUT2D eigenvalue weighted by Crippen LogP contribution is 2.31. The van der Waals surface area contributed by atoms with E-state index < -0.39 is 0 Å². The molecule has 1 aromatic heterocycles. The van der Waals surface area contributed by atoms with Crippen molar-refractivity contribution >= 4 is 11.3 Å². The van der Waals surface area contributed by atoms with E-state index in [1.807, 2.05) is 11.3 Å². The fourth-order valence-corrected chi connectivity index (χ4v) is 3.56. The number of piperidine rings is 1. The Labute approximate surface area is 102 Å². The van der Waals surface area contributed by atoms with Gasteiger partial charge in [0.2, 0.25) is 0 Å². The smallest absolute Gasteiger partial charge is 0.0566 e. The Bertz CT molecular complexity index is 326. The first-order valence-electron chi connectivity index (χ1n) is 6.20. The summed E-state index contributed by atoms with van der Waals surface area (Å²) in [5, 5.41) is 2.18. The lowest BCUT2D eigenvalue weighted by atomic mass is 9.97. The van der Waals surface area contributed by atoms with Crippen LogP contribution in [0.2, 0.25) is 0 Å². The van der Waals surface area contributed by atoms with Gasteiger partial charge in [-0.2, -0.15) is 0 Å². The number of hydrogen-bond donors (Lipinski definition) is 1. The molecule has 2 rings (SSSR count). The Morgan fingerprint density at radius 3 is 2.69 bits per heavy atom. The van der Waals surface area contributed by atoms with E-state index in [2.05, 4.69) is 30.2 Å². The van der Waals surface area contributed by atoms with Crippen LogP contribution in [0.3, 0.4) is 0 Å². The molecule has 0 spiro atoms. The summed E-state index contributed by atoms with van der Waals surface area (Å²) in [6.45, 7) is 7.71. The molecule has 0 saturated carbocycles. The van der Waals surface area contributed by atoms with Crippen molar-refractivity contribution in [1.29, 1.82) is 0 Å². The van der Waals surface area contributed by atoms with Gasteiger partial charge >= 0.3 is 0 Å². The van der Waals surface area contributed by atoms with Crippen molar-refractivity contribution in [3.63, 3.8) is 0 Å². The van der Waals surface area contributed by atoms with Gasteiger partial charge in [0.25, 0.3) is 0 Å². The maximum Gasteiger partial charge on any atom is 0.0566 e. The van der Waals surface area contributed by atoms with E-state index in [9.17, 15) is 0 Å². The van der Waals surface area contributed by atoms with Crippen LogP contribution in [-0.2, 0) is 0 Å². The second-order valence-corrected chi connectivity index (χ2v) is 5.89. The van der Waals surface area contributed by atoms with E-state index in [4.69, 9.17) is 5.73 Å². The van der Waals surface area contributed by atoms with Crippen molar-refractivity contribution in [2.45, 2.75) is 32.7 Å². The molecular formula is C13H22N2S. The minimum atomic E-state index is 0.451. The van der Waals surface area contributed by atoms with E-state index >= 15 is 0 Å². The highest BCUT2D eigenvalue weighted by atomic mass is 32.1. The minimum Gasteiger partial charge on any atom is -0.329 e. The summed E-state index contributed by atoms with van der Waals surface area (Å²) in [5.74, 6) is 0.888. The Hall–Kier alpha value is -0.380. The standard InChI is InChI=1S/C13H22N2S/c1-10-3-6-15(7-4-10)12(9-14)13-11(2)5-8-16-13/h5,8,10,12H,3-4,6-7,9,14H2,1-2H3. The fourth-order valence-electron chi connectivity index (χ4n) is 2.49. The van der Waals surface area contributed by atoms with Crippen molar-refractivity contribution in [2.75, 3.05) is 19.6 Å². The first-order chi connectivity index (χ1) is 7.72. The van der Waals surface area contributed by atoms with Crippen LogP contribution in [0.1, 0.15) is 36.2 Å². The molecule has 1 aliphatic heterocycles. The molecule has 2 nitrogen and oxygen atoms in total. The number of hydrogen-bond acceptors (Lipinski definition) is 3. The van der Waals surface area contributed by atoms with Crippen LogP contribution in [0.15, 0.2) is 11.4 Å².